The maximum absolute atomic E-state index is 13.8. The molecule has 4 rings (SSSR count). The first-order valence-electron chi connectivity index (χ1n) is 10.9. The van der Waals surface area contributed by atoms with E-state index in [4.69, 9.17) is 21.1 Å². The molecule has 2 aliphatic heterocycles. The fourth-order valence-electron chi connectivity index (χ4n) is 4.38. The van der Waals surface area contributed by atoms with Gasteiger partial charge in [-0.1, -0.05) is 12.1 Å². The van der Waals surface area contributed by atoms with Gasteiger partial charge < -0.3 is 26.2 Å². The molecule has 2 aliphatic rings. The summed E-state index contributed by atoms with van der Waals surface area (Å²) in [7, 11) is 0. The number of ketones is 1. The zero-order valence-corrected chi connectivity index (χ0v) is 21.2. The summed E-state index contributed by atoms with van der Waals surface area (Å²) in [6.07, 6.45) is 3.98. The lowest BCUT2D eigenvalue weighted by Crippen LogP contribution is -2.54. The number of nitrogens with two attached hydrogens (primary N) is 2. The van der Waals surface area contributed by atoms with Crippen molar-refractivity contribution in [3.63, 3.8) is 0 Å². The van der Waals surface area contributed by atoms with Crippen LogP contribution in [0.5, 0.6) is 0 Å². The highest BCUT2D eigenvalue weighted by atomic mass is 32.2. The smallest absolute Gasteiger partial charge is 0.360 e. The predicted molar refractivity (Wildman–Crippen MR) is 136 cm³/mol. The van der Waals surface area contributed by atoms with Crippen molar-refractivity contribution in [2.75, 3.05) is 29.2 Å². The minimum atomic E-state index is -1.81. The van der Waals surface area contributed by atoms with Crippen molar-refractivity contribution in [3.05, 3.63) is 64.2 Å². The summed E-state index contributed by atoms with van der Waals surface area (Å²) in [5.41, 5.74) is 10.8. The predicted octanol–water partition coefficient (Wildman–Crippen LogP) is 2.18. The van der Waals surface area contributed by atoms with E-state index in [1.165, 1.54) is 59.9 Å². The summed E-state index contributed by atoms with van der Waals surface area (Å²) in [5, 5.41) is 9.92. The molecule has 2 unspecified atom stereocenters. The first-order chi connectivity index (χ1) is 17.1. The molecule has 2 aromatic carbocycles. The molecule has 0 aliphatic carbocycles. The van der Waals surface area contributed by atoms with Crippen molar-refractivity contribution in [2.45, 2.75) is 23.9 Å². The second-order valence-corrected chi connectivity index (χ2v) is 10.5. The zero-order valence-electron chi connectivity index (χ0n) is 19.6. The number of rotatable bonds is 9. The maximum atomic E-state index is 13.8. The van der Waals surface area contributed by atoms with Gasteiger partial charge in [0.05, 0.1) is 5.56 Å². The Morgan fingerprint density at radius 1 is 0.861 bits per heavy atom. The molecule has 12 heteroatoms. The average molecular weight is 532 g/mol. The second kappa shape index (κ2) is 9.77. The minimum Gasteiger partial charge on any atom is -0.478 e. The van der Waals surface area contributed by atoms with E-state index in [2.05, 4.69) is 0 Å². The second-order valence-electron chi connectivity index (χ2n) is 8.54. The normalized spacial score (nSPS) is 22.5. The third-order valence-electron chi connectivity index (χ3n) is 6.37. The van der Waals surface area contributed by atoms with Gasteiger partial charge in [-0.05, 0) is 66.4 Å². The summed E-state index contributed by atoms with van der Waals surface area (Å²) in [6, 6.07) is 8.39. The standard InChI is InChI=1S/C24H25N3O7S2/c1-35-11-9-23(25)17-15(19(28)13-3-5-14(6-4-13)20(29)30)7-8-16-18(17)24(26,10-12-36-2)22(32)34-27(16)33-21(23)31/h3-8H,9-12,25-26H2,1-2H3,(H,29,30). The lowest BCUT2D eigenvalue weighted by molar-refractivity contribution is -0.183. The Hall–Kier alpha value is -3.06. The molecule has 0 amide bonds. The van der Waals surface area contributed by atoms with Crippen molar-refractivity contribution in [1.29, 1.82) is 0 Å². The molecule has 0 radical (unpaired) electrons. The summed E-state index contributed by atoms with van der Waals surface area (Å²) < 4.78 is 0. The van der Waals surface area contributed by atoms with Crippen molar-refractivity contribution >= 4 is 52.9 Å². The van der Waals surface area contributed by atoms with Gasteiger partial charge in [0, 0.05) is 22.3 Å². The molecule has 0 saturated heterocycles. The van der Waals surface area contributed by atoms with E-state index in [-0.39, 0.29) is 46.3 Å². The van der Waals surface area contributed by atoms with Gasteiger partial charge in [0.2, 0.25) is 0 Å². The van der Waals surface area contributed by atoms with Gasteiger partial charge in [-0.2, -0.15) is 23.5 Å². The number of aromatic carboxylic acids is 1. The molecular formula is C24H25N3O7S2. The van der Waals surface area contributed by atoms with E-state index in [0.717, 1.165) is 5.23 Å². The minimum absolute atomic E-state index is 0.0169. The zero-order chi connectivity index (χ0) is 26.3. The average Bonchev–Trinajstić information content (AvgIpc) is 2.91. The molecule has 2 aromatic rings. The fourth-order valence-corrected chi connectivity index (χ4v) is 5.43. The molecule has 10 nitrogen and oxygen atoms in total. The number of benzene rings is 2. The van der Waals surface area contributed by atoms with Crippen molar-refractivity contribution in [1.82, 2.24) is 0 Å². The highest BCUT2D eigenvalue weighted by Crippen LogP contribution is 2.48. The topological polar surface area (TPSA) is 162 Å². The molecule has 0 spiro atoms. The van der Waals surface area contributed by atoms with Gasteiger partial charge >= 0.3 is 17.9 Å². The van der Waals surface area contributed by atoms with Crippen LogP contribution in [0.2, 0.25) is 0 Å². The Bertz CT molecular complexity index is 1250. The van der Waals surface area contributed by atoms with Crippen LogP contribution in [0.15, 0.2) is 36.4 Å². The highest BCUT2D eigenvalue weighted by Gasteiger charge is 2.56. The Morgan fingerprint density at radius 3 is 1.86 bits per heavy atom. The molecular weight excluding hydrogens is 506 g/mol. The molecule has 0 saturated carbocycles. The third-order valence-corrected chi connectivity index (χ3v) is 7.60. The fraction of sp³-hybridized carbons (Fsp3) is 0.333. The van der Waals surface area contributed by atoms with E-state index >= 15 is 0 Å². The van der Waals surface area contributed by atoms with Crippen LogP contribution in [0.3, 0.4) is 0 Å². The van der Waals surface area contributed by atoms with E-state index < -0.39 is 34.8 Å². The highest BCUT2D eigenvalue weighted by molar-refractivity contribution is 7.98. The van der Waals surface area contributed by atoms with Gasteiger partial charge in [0.25, 0.3) is 0 Å². The Labute approximate surface area is 215 Å². The number of carbonyl (C=O) groups is 4. The number of nitrogens with zero attached hydrogens (tertiary/aromatic N) is 1. The van der Waals surface area contributed by atoms with Crippen LogP contribution in [0.25, 0.3) is 0 Å². The van der Waals surface area contributed by atoms with Crippen molar-refractivity contribution in [2.24, 2.45) is 11.5 Å². The SMILES string of the molecule is CSCCC1(N)C(=O)ON2OC(=O)C(N)(CCSC)c3c2ccc(C(=O)c2ccc(C(=O)O)cc2)c31. The Kier molecular flexibility index (Phi) is 7.06. The van der Waals surface area contributed by atoms with E-state index in [9.17, 15) is 24.3 Å². The molecule has 0 aromatic heterocycles. The van der Waals surface area contributed by atoms with Gasteiger partial charge in [-0.15, -0.1) is 0 Å². The van der Waals surface area contributed by atoms with Crippen LogP contribution in [-0.2, 0) is 30.3 Å². The van der Waals surface area contributed by atoms with Gasteiger partial charge in [0.1, 0.15) is 16.8 Å². The Morgan fingerprint density at radius 2 is 1.36 bits per heavy atom. The molecule has 2 heterocycles. The number of hydrogen-bond donors (Lipinski definition) is 3. The molecule has 0 fully saturated rings. The van der Waals surface area contributed by atoms with Crippen molar-refractivity contribution in [3.8, 4) is 0 Å². The number of thioether (sulfide) groups is 2. The van der Waals surface area contributed by atoms with Crippen LogP contribution < -0.4 is 16.7 Å². The molecule has 2 atom stereocenters. The quantitative estimate of drug-likeness (QED) is 0.405. The third kappa shape index (κ3) is 4.13. The van der Waals surface area contributed by atoms with Gasteiger partial charge in [-0.25, -0.2) is 14.4 Å². The molecule has 36 heavy (non-hydrogen) atoms. The van der Waals surface area contributed by atoms with E-state index in [1.54, 1.807) is 0 Å². The summed E-state index contributed by atoms with van der Waals surface area (Å²) in [6.45, 7) is 0. The summed E-state index contributed by atoms with van der Waals surface area (Å²) in [5.74, 6) is -2.41. The number of carboxylic acid groups (broad SMARTS) is 1. The molecule has 5 N–H and O–H groups in total. The Balaban J connectivity index is 2.00. The largest absolute Gasteiger partial charge is 0.478 e. The van der Waals surface area contributed by atoms with E-state index in [0.29, 0.717) is 11.5 Å². The van der Waals surface area contributed by atoms with Crippen LogP contribution in [-0.4, -0.2) is 52.8 Å². The monoisotopic (exact) mass is 531 g/mol. The van der Waals surface area contributed by atoms with Gasteiger partial charge in [0.15, 0.2) is 5.78 Å². The molecule has 190 valence electrons. The molecule has 4 bridgehead atoms. The first kappa shape index (κ1) is 26.0. The van der Waals surface area contributed by atoms with Gasteiger partial charge in [-0.3, -0.25) is 4.79 Å². The van der Waals surface area contributed by atoms with Crippen molar-refractivity contribution < 1.29 is 34.0 Å². The number of anilines is 1. The van der Waals surface area contributed by atoms with Crippen LogP contribution >= 0.6 is 23.5 Å². The van der Waals surface area contributed by atoms with Crippen LogP contribution in [0.1, 0.15) is 50.2 Å². The van der Waals surface area contributed by atoms with Crippen LogP contribution in [0, 0.1) is 0 Å². The van der Waals surface area contributed by atoms with E-state index in [1.807, 2.05) is 12.5 Å². The number of carbonyl (C=O) groups excluding carboxylic acids is 3. The maximum Gasteiger partial charge on any atom is 0.360 e. The van der Waals surface area contributed by atoms with Crippen LogP contribution in [0.4, 0.5) is 5.69 Å². The lowest BCUT2D eigenvalue weighted by Gasteiger charge is -2.38. The first-order valence-corrected chi connectivity index (χ1v) is 13.7. The summed E-state index contributed by atoms with van der Waals surface area (Å²) >= 11 is 2.93. The summed E-state index contributed by atoms with van der Waals surface area (Å²) in [4.78, 5) is 62.2. The number of hydrogen-bond acceptors (Lipinski definition) is 11. The number of carboxylic acids is 1. The lowest BCUT2D eigenvalue weighted by atomic mass is 9.73.